The molecule has 0 amide bonds. The van der Waals surface area contributed by atoms with Gasteiger partial charge in [-0.15, -0.1) is 0 Å². The second-order valence-corrected chi connectivity index (χ2v) is 2.83. The number of hydrogen-bond acceptors (Lipinski definition) is 4. The SMILES string of the molecule is COCCNc1cc(C#N)ccc1N. The molecule has 0 atom stereocenters. The minimum atomic E-state index is 0.596. The van der Waals surface area contributed by atoms with Gasteiger partial charge in [-0.05, 0) is 18.2 Å². The Labute approximate surface area is 83.3 Å². The summed E-state index contributed by atoms with van der Waals surface area (Å²) in [5.74, 6) is 0. The summed E-state index contributed by atoms with van der Waals surface area (Å²) in [5.41, 5.74) is 7.73. The maximum absolute atomic E-state index is 8.68. The third-order valence-corrected chi connectivity index (χ3v) is 1.80. The fourth-order valence-corrected chi connectivity index (χ4v) is 1.07. The highest BCUT2D eigenvalue weighted by Crippen LogP contribution is 2.18. The molecule has 0 bridgehead atoms. The molecule has 1 aromatic carbocycles. The van der Waals surface area contributed by atoms with Crippen molar-refractivity contribution in [1.82, 2.24) is 0 Å². The minimum Gasteiger partial charge on any atom is -0.397 e. The molecule has 0 aliphatic carbocycles. The van der Waals surface area contributed by atoms with Gasteiger partial charge in [-0.1, -0.05) is 0 Å². The van der Waals surface area contributed by atoms with Crippen molar-refractivity contribution in [2.45, 2.75) is 0 Å². The molecule has 0 saturated carbocycles. The number of nitrogens with one attached hydrogen (secondary N) is 1. The highest BCUT2D eigenvalue weighted by atomic mass is 16.5. The van der Waals surface area contributed by atoms with E-state index < -0.39 is 0 Å². The third-order valence-electron chi connectivity index (χ3n) is 1.80. The number of methoxy groups -OCH3 is 1. The van der Waals surface area contributed by atoms with Crippen molar-refractivity contribution < 1.29 is 4.74 Å². The average molecular weight is 191 g/mol. The molecule has 0 heterocycles. The van der Waals surface area contributed by atoms with Crippen LogP contribution in [0.25, 0.3) is 0 Å². The van der Waals surface area contributed by atoms with Crippen LogP contribution in [0.2, 0.25) is 0 Å². The number of benzene rings is 1. The van der Waals surface area contributed by atoms with Gasteiger partial charge in [-0.25, -0.2) is 0 Å². The van der Waals surface area contributed by atoms with Crippen molar-refractivity contribution in [3.8, 4) is 6.07 Å². The van der Waals surface area contributed by atoms with E-state index in [9.17, 15) is 0 Å². The van der Waals surface area contributed by atoms with Crippen LogP contribution in [0.1, 0.15) is 5.56 Å². The monoisotopic (exact) mass is 191 g/mol. The predicted molar refractivity (Wildman–Crippen MR) is 55.9 cm³/mol. The molecule has 0 spiro atoms. The zero-order valence-electron chi connectivity index (χ0n) is 8.08. The van der Waals surface area contributed by atoms with Gasteiger partial charge in [-0.2, -0.15) is 5.26 Å². The van der Waals surface area contributed by atoms with Crippen LogP contribution in [-0.4, -0.2) is 20.3 Å². The molecule has 0 aromatic heterocycles. The number of hydrogen-bond donors (Lipinski definition) is 2. The van der Waals surface area contributed by atoms with E-state index in [-0.39, 0.29) is 0 Å². The van der Waals surface area contributed by atoms with Crippen molar-refractivity contribution >= 4 is 11.4 Å². The Bertz CT molecular complexity index is 344. The second-order valence-electron chi connectivity index (χ2n) is 2.83. The third kappa shape index (κ3) is 2.64. The highest BCUT2D eigenvalue weighted by Gasteiger charge is 1.99. The lowest BCUT2D eigenvalue weighted by Gasteiger charge is -2.08. The number of rotatable bonds is 4. The van der Waals surface area contributed by atoms with Crippen molar-refractivity contribution in [1.29, 1.82) is 5.26 Å². The van der Waals surface area contributed by atoms with Crippen LogP contribution < -0.4 is 11.1 Å². The number of nitrogens with zero attached hydrogens (tertiary/aromatic N) is 1. The molecule has 4 nitrogen and oxygen atoms in total. The summed E-state index contributed by atoms with van der Waals surface area (Å²) in [6, 6.07) is 7.19. The van der Waals surface area contributed by atoms with E-state index in [0.29, 0.717) is 24.4 Å². The molecule has 0 aliphatic rings. The van der Waals surface area contributed by atoms with Crippen molar-refractivity contribution in [2.24, 2.45) is 0 Å². The Kier molecular flexibility index (Phi) is 3.77. The lowest BCUT2D eigenvalue weighted by molar-refractivity contribution is 0.211. The summed E-state index contributed by atoms with van der Waals surface area (Å²) in [4.78, 5) is 0. The number of nitrogens with two attached hydrogens (primary N) is 1. The van der Waals surface area contributed by atoms with E-state index in [1.54, 1.807) is 25.3 Å². The molecule has 3 N–H and O–H groups in total. The van der Waals surface area contributed by atoms with Gasteiger partial charge in [0.1, 0.15) is 0 Å². The van der Waals surface area contributed by atoms with E-state index in [2.05, 4.69) is 11.4 Å². The van der Waals surface area contributed by atoms with E-state index in [1.807, 2.05) is 0 Å². The smallest absolute Gasteiger partial charge is 0.0992 e. The largest absolute Gasteiger partial charge is 0.397 e. The van der Waals surface area contributed by atoms with Crippen LogP contribution in [-0.2, 0) is 4.74 Å². The first-order valence-corrected chi connectivity index (χ1v) is 4.30. The van der Waals surface area contributed by atoms with Gasteiger partial charge in [-0.3, -0.25) is 0 Å². The minimum absolute atomic E-state index is 0.596. The first kappa shape index (κ1) is 10.4. The van der Waals surface area contributed by atoms with Gasteiger partial charge >= 0.3 is 0 Å². The number of nitrogen functional groups attached to an aromatic ring is 1. The molecule has 74 valence electrons. The Morgan fingerprint density at radius 3 is 3.00 bits per heavy atom. The van der Waals surface area contributed by atoms with Gasteiger partial charge in [0.15, 0.2) is 0 Å². The summed E-state index contributed by atoms with van der Waals surface area (Å²) < 4.78 is 4.89. The average Bonchev–Trinajstić information content (AvgIpc) is 2.21. The Morgan fingerprint density at radius 2 is 2.36 bits per heavy atom. The van der Waals surface area contributed by atoms with Crippen LogP contribution in [0.5, 0.6) is 0 Å². The van der Waals surface area contributed by atoms with E-state index >= 15 is 0 Å². The van der Waals surface area contributed by atoms with Gasteiger partial charge in [0, 0.05) is 13.7 Å². The topological polar surface area (TPSA) is 71.1 Å². The van der Waals surface area contributed by atoms with Crippen LogP contribution in [0.3, 0.4) is 0 Å². The molecule has 0 radical (unpaired) electrons. The molecular weight excluding hydrogens is 178 g/mol. The Hall–Kier alpha value is -1.73. The lowest BCUT2D eigenvalue weighted by atomic mass is 10.2. The van der Waals surface area contributed by atoms with Gasteiger partial charge in [0.05, 0.1) is 29.6 Å². The first-order chi connectivity index (χ1) is 6.77. The summed E-state index contributed by atoms with van der Waals surface area (Å²) in [7, 11) is 1.64. The maximum atomic E-state index is 8.68. The standard InChI is InChI=1S/C10H13N3O/c1-14-5-4-13-10-6-8(7-11)2-3-9(10)12/h2-3,6,13H,4-5,12H2,1H3. The molecule has 1 rings (SSSR count). The van der Waals surface area contributed by atoms with Gasteiger partial charge in [0.2, 0.25) is 0 Å². The number of nitriles is 1. The van der Waals surface area contributed by atoms with Crippen molar-refractivity contribution in [3.05, 3.63) is 23.8 Å². The maximum Gasteiger partial charge on any atom is 0.0992 e. The van der Waals surface area contributed by atoms with Gasteiger partial charge < -0.3 is 15.8 Å². The van der Waals surface area contributed by atoms with Crippen LogP contribution in [0.15, 0.2) is 18.2 Å². The molecule has 14 heavy (non-hydrogen) atoms. The van der Waals surface area contributed by atoms with Crippen LogP contribution in [0, 0.1) is 11.3 Å². The summed E-state index contributed by atoms with van der Waals surface area (Å²) in [5, 5.41) is 11.8. The Morgan fingerprint density at radius 1 is 1.57 bits per heavy atom. The normalized spacial score (nSPS) is 9.43. The summed E-state index contributed by atoms with van der Waals surface area (Å²) in [6.07, 6.45) is 0. The highest BCUT2D eigenvalue weighted by molar-refractivity contribution is 5.68. The second kappa shape index (κ2) is 5.10. The molecule has 0 aliphatic heterocycles. The fraction of sp³-hybridized carbons (Fsp3) is 0.300. The van der Waals surface area contributed by atoms with E-state index in [4.69, 9.17) is 15.7 Å². The quantitative estimate of drug-likeness (QED) is 0.554. The molecule has 1 aromatic rings. The molecule has 0 saturated heterocycles. The van der Waals surface area contributed by atoms with Gasteiger partial charge in [0.25, 0.3) is 0 Å². The van der Waals surface area contributed by atoms with E-state index in [1.165, 1.54) is 0 Å². The van der Waals surface area contributed by atoms with Crippen LogP contribution >= 0.6 is 0 Å². The van der Waals surface area contributed by atoms with Crippen molar-refractivity contribution in [2.75, 3.05) is 31.3 Å². The predicted octanol–water partition coefficient (Wildman–Crippen LogP) is 1.20. The molecule has 0 fully saturated rings. The van der Waals surface area contributed by atoms with Crippen LogP contribution in [0.4, 0.5) is 11.4 Å². The molecular formula is C10H13N3O. The lowest BCUT2D eigenvalue weighted by Crippen LogP contribution is -2.09. The van der Waals surface area contributed by atoms with E-state index in [0.717, 1.165) is 5.69 Å². The number of ether oxygens (including phenoxy) is 1. The zero-order valence-corrected chi connectivity index (χ0v) is 8.08. The Balaban J connectivity index is 2.70. The van der Waals surface area contributed by atoms with Crippen molar-refractivity contribution in [3.63, 3.8) is 0 Å². The number of anilines is 2. The molecule has 0 unspecified atom stereocenters. The first-order valence-electron chi connectivity index (χ1n) is 4.30. The summed E-state index contributed by atoms with van der Waals surface area (Å²) in [6.45, 7) is 1.28. The molecule has 4 heteroatoms. The summed E-state index contributed by atoms with van der Waals surface area (Å²) >= 11 is 0. The fourth-order valence-electron chi connectivity index (χ4n) is 1.07. The zero-order chi connectivity index (χ0) is 10.4.